The molecule has 4 nitrogen and oxygen atoms in total. The van der Waals surface area contributed by atoms with Crippen LogP contribution < -0.4 is 5.32 Å². The van der Waals surface area contributed by atoms with Crippen molar-refractivity contribution in [2.24, 2.45) is 0 Å². The molecule has 1 N–H and O–H groups in total. The molecule has 1 atom stereocenters. The third-order valence-corrected chi connectivity index (χ3v) is 2.63. The fraction of sp³-hybridized carbons (Fsp3) is 0.429. The first-order valence-corrected chi connectivity index (χ1v) is 6.27. The van der Waals surface area contributed by atoms with Gasteiger partial charge in [-0.05, 0) is 39.0 Å². The van der Waals surface area contributed by atoms with Crippen molar-refractivity contribution in [3.8, 4) is 0 Å². The van der Waals surface area contributed by atoms with Crippen LogP contribution in [0.25, 0.3) is 4.85 Å². The van der Waals surface area contributed by atoms with Gasteiger partial charge in [0.1, 0.15) is 5.60 Å². The number of amides is 1. The second-order valence-electron chi connectivity index (χ2n) is 5.17. The summed E-state index contributed by atoms with van der Waals surface area (Å²) in [4.78, 5) is 15.1. The van der Waals surface area contributed by atoms with E-state index in [1.165, 1.54) is 0 Å². The highest BCUT2D eigenvalue weighted by molar-refractivity contribution is 6.31. The molecule has 0 saturated carbocycles. The molecule has 19 heavy (non-hydrogen) atoms. The molecule has 0 aliphatic heterocycles. The molecule has 0 heterocycles. The number of nitrogens with zero attached hydrogens (tertiary/aromatic N) is 1. The first kappa shape index (κ1) is 15.3. The largest absolute Gasteiger partial charge is 0.444 e. The summed E-state index contributed by atoms with van der Waals surface area (Å²) in [7, 11) is 0. The van der Waals surface area contributed by atoms with Crippen LogP contribution in [0.15, 0.2) is 18.2 Å². The monoisotopic (exact) mass is 280 g/mol. The van der Waals surface area contributed by atoms with Gasteiger partial charge < -0.3 is 9.58 Å². The molecule has 0 bridgehead atoms. The number of carbonyl (C=O) groups is 1. The van der Waals surface area contributed by atoms with Crippen LogP contribution in [-0.4, -0.2) is 11.7 Å². The minimum atomic E-state index is -0.552. The number of hydrogen-bond acceptors (Lipinski definition) is 2. The van der Waals surface area contributed by atoms with Crippen molar-refractivity contribution in [3.05, 3.63) is 40.2 Å². The van der Waals surface area contributed by atoms with Gasteiger partial charge in [0.05, 0.1) is 10.6 Å². The van der Waals surface area contributed by atoms with Crippen molar-refractivity contribution >= 4 is 23.4 Å². The highest BCUT2D eigenvalue weighted by atomic mass is 35.5. The molecule has 0 aliphatic carbocycles. The molecule has 1 amide bonds. The number of carbonyl (C=O) groups excluding carboxylic acids is 1. The van der Waals surface area contributed by atoms with Gasteiger partial charge in [0, 0.05) is 12.6 Å². The second-order valence-corrected chi connectivity index (χ2v) is 5.58. The molecule has 0 aromatic heterocycles. The Morgan fingerprint density at radius 2 is 2.11 bits per heavy atom. The summed E-state index contributed by atoms with van der Waals surface area (Å²) in [5.74, 6) is 0. The van der Waals surface area contributed by atoms with Crippen LogP contribution in [0, 0.1) is 6.57 Å². The molecule has 1 aromatic rings. The minimum Gasteiger partial charge on any atom is -0.444 e. The minimum absolute atomic E-state index is 0.354. The molecule has 0 fully saturated rings. The quantitative estimate of drug-likeness (QED) is 0.800. The third kappa shape index (κ3) is 4.80. The van der Waals surface area contributed by atoms with Crippen molar-refractivity contribution in [2.75, 3.05) is 5.32 Å². The van der Waals surface area contributed by atoms with Gasteiger partial charge in [-0.1, -0.05) is 11.6 Å². The van der Waals surface area contributed by atoms with Gasteiger partial charge in [-0.25, -0.2) is 11.4 Å². The summed E-state index contributed by atoms with van der Waals surface area (Å²) in [6, 6.07) is 4.67. The number of benzene rings is 1. The molecule has 102 valence electrons. The molecule has 1 rings (SSSR count). The zero-order valence-electron chi connectivity index (χ0n) is 11.5. The first-order chi connectivity index (χ1) is 8.73. The predicted octanol–water partition coefficient (Wildman–Crippen LogP) is 4.67. The normalized spacial score (nSPS) is 12.4. The van der Waals surface area contributed by atoms with Crippen molar-refractivity contribution in [1.82, 2.24) is 0 Å². The van der Waals surface area contributed by atoms with E-state index in [0.717, 1.165) is 0 Å². The predicted molar refractivity (Wildman–Crippen MR) is 76.3 cm³/mol. The lowest BCUT2D eigenvalue weighted by Gasteiger charge is -2.19. The van der Waals surface area contributed by atoms with Crippen LogP contribution in [0.5, 0.6) is 0 Å². The number of rotatable bonds is 2. The number of nitrogens with one attached hydrogen (secondary N) is 1. The summed E-state index contributed by atoms with van der Waals surface area (Å²) in [6.07, 6.45) is -0.531. The van der Waals surface area contributed by atoms with Gasteiger partial charge in [-0.15, -0.1) is 0 Å². The maximum Gasteiger partial charge on any atom is 0.412 e. The van der Waals surface area contributed by atoms with Crippen LogP contribution >= 0.6 is 11.6 Å². The highest BCUT2D eigenvalue weighted by Crippen LogP contribution is 2.28. The van der Waals surface area contributed by atoms with Gasteiger partial charge >= 0.3 is 6.09 Å². The third-order valence-electron chi connectivity index (χ3n) is 2.29. The number of ether oxygens (including phenoxy) is 1. The molecular weight excluding hydrogens is 264 g/mol. The van der Waals surface area contributed by atoms with Crippen LogP contribution in [0.1, 0.15) is 39.3 Å². The van der Waals surface area contributed by atoms with E-state index in [9.17, 15) is 4.79 Å². The van der Waals surface area contributed by atoms with Crippen molar-refractivity contribution in [2.45, 2.75) is 39.3 Å². The van der Waals surface area contributed by atoms with Crippen molar-refractivity contribution in [1.29, 1.82) is 0 Å². The highest BCUT2D eigenvalue weighted by Gasteiger charge is 2.18. The van der Waals surface area contributed by atoms with Crippen LogP contribution in [0.4, 0.5) is 10.5 Å². The molecule has 0 aliphatic rings. The molecule has 1 aromatic carbocycles. The van der Waals surface area contributed by atoms with Gasteiger partial charge in [0.15, 0.2) is 0 Å². The van der Waals surface area contributed by atoms with E-state index in [1.807, 2.05) is 0 Å². The fourth-order valence-corrected chi connectivity index (χ4v) is 1.71. The van der Waals surface area contributed by atoms with E-state index in [4.69, 9.17) is 22.9 Å². The number of halogens is 1. The Bertz CT molecular complexity index is 515. The lowest BCUT2D eigenvalue weighted by Crippen LogP contribution is -2.27. The standard InChI is InChI=1S/C14H17ClN2O2/c1-9(16-5)11-8-10(6-7-12(11)15)17-13(18)19-14(2,3)4/h6-9H,1-4H3,(H,17,18). The Kier molecular flexibility index (Phi) is 4.79. The second kappa shape index (κ2) is 5.94. The van der Waals surface area contributed by atoms with Gasteiger partial charge in [-0.3, -0.25) is 5.32 Å². The summed E-state index contributed by atoms with van der Waals surface area (Å²) < 4.78 is 5.16. The van der Waals surface area contributed by atoms with Crippen LogP contribution in [-0.2, 0) is 4.74 Å². The zero-order valence-corrected chi connectivity index (χ0v) is 12.2. The smallest absolute Gasteiger partial charge is 0.412 e. The van der Waals surface area contributed by atoms with E-state index in [-0.39, 0.29) is 6.04 Å². The number of hydrogen-bond donors (Lipinski definition) is 1. The lowest BCUT2D eigenvalue weighted by atomic mass is 10.1. The molecule has 1 unspecified atom stereocenters. The maximum absolute atomic E-state index is 11.6. The molecule has 5 heteroatoms. The van der Waals surface area contributed by atoms with Gasteiger partial charge in [0.25, 0.3) is 0 Å². The average molecular weight is 281 g/mol. The van der Waals surface area contributed by atoms with E-state index in [1.54, 1.807) is 45.9 Å². The van der Waals surface area contributed by atoms with Crippen molar-refractivity contribution in [3.63, 3.8) is 0 Å². The molecule has 0 radical (unpaired) electrons. The van der Waals surface area contributed by atoms with Gasteiger partial charge in [-0.2, -0.15) is 0 Å². The zero-order chi connectivity index (χ0) is 14.6. The Hall–Kier alpha value is -1.73. The van der Waals surface area contributed by atoms with Gasteiger partial charge in [0.2, 0.25) is 6.04 Å². The topological polar surface area (TPSA) is 42.7 Å². The van der Waals surface area contributed by atoms with Crippen LogP contribution in [0.3, 0.4) is 0 Å². The average Bonchev–Trinajstić information content (AvgIpc) is 2.28. The first-order valence-electron chi connectivity index (χ1n) is 5.89. The SMILES string of the molecule is [C-]#[N+]C(C)c1cc(NC(=O)OC(C)(C)C)ccc1Cl. The summed E-state index contributed by atoms with van der Waals surface area (Å²) in [6.45, 7) is 14.2. The Balaban J connectivity index is 2.86. The Morgan fingerprint density at radius 3 is 2.63 bits per heavy atom. The molecule has 0 spiro atoms. The number of anilines is 1. The molecule has 0 saturated heterocycles. The Morgan fingerprint density at radius 1 is 1.47 bits per heavy atom. The lowest BCUT2D eigenvalue weighted by molar-refractivity contribution is 0.0636. The summed E-state index contributed by atoms with van der Waals surface area (Å²) in [5, 5.41) is 3.13. The van der Waals surface area contributed by atoms with E-state index >= 15 is 0 Å². The van der Waals surface area contributed by atoms with E-state index in [2.05, 4.69) is 10.2 Å². The van der Waals surface area contributed by atoms with Crippen molar-refractivity contribution < 1.29 is 9.53 Å². The molecular formula is C14H17ClN2O2. The van der Waals surface area contributed by atoms with Crippen LogP contribution in [0.2, 0.25) is 5.02 Å². The summed E-state index contributed by atoms with van der Waals surface area (Å²) in [5.41, 5.74) is 0.692. The fourth-order valence-electron chi connectivity index (χ4n) is 1.43. The van der Waals surface area contributed by atoms with E-state index < -0.39 is 11.7 Å². The van der Waals surface area contributed by atoms with E-state index in [0.29, 0.717) is 16.3 Å². The summed E-state index contributed by atoms with van der Waals surface area (Å²) >= 11 is 6.03. The maximum atomic E-state index is 11.6. The Labute approximate surface area is 118 Å².